The van der Waals surface area contributed by atoms with Crippen LogP contribution in [0.3, 0.4) is 0 Å². The average Bonchev–Trinajstić information content (AvgIpc) is 2.70. The van der Waals surface area contributed by atoms with Gasteiger partial charge in [0.05, 0.1) is 11.2 Å². The maximum absolute atomic E-state index is 12.2. The fraction of sp³-hybridized carbons (Fsp3) is 0.600. The molecule has 0 aliphatic heterocycles. The summed E-state index contributed by atoms with van der Waals surface area (Å²) >= 11 is 1.45. The van der Waals surface area contributed by atoms with Crippen LogP contribution < -0.4 is 5.32 Å². The molecule has 2 rings (SSSR count). The van der Waals surface area contributed by atoms with E-state index >= 15 is 0 Å². The highest BCUT2D eigenvalue weighted by Gasteiger charge is 2.28. The number of rotatable bonds is 4. The third kappa shape index (κ3) is 3.96. The van der Waals surface area contributed by atoms with Crippen LogP contribution in [0.15, 0.2) is 23.4 Å². The van der Waals surface area contributed by atoms with E-state index in [2.05, 4.69) is 10.3 Å². The van der Waals surface area contributed by atoms with Crippen molar-refractivity contribution in [1.29, 1.82) is 0 Å². The van der Waals surface area contributed by atoms with Gasteiger partial charge < -0.3 is 10.4 Å². The Balaban J connectivity index is 1.97. The van der Waals surface area contributed by atoms with Crippen LogP contribution in [0.25, 0.3) is 0 Å². The normalized spacial score (nSPS) is 18.3. The number of amides is 1. The Morgan fingerprint density at radius 3 is 2.75 bits per heavy atom. The van der Waals surface area contributed by atoms with Gasteiger partial charge in [0, 0.05) is 12.7 Å². The molecule has 0 aromatic carbocycles. The minimum absolute atomic E-state index is 0.153. The zero-order valence-corrected chi connectivity index (χ0v) is 12.7. The van der Waals surface area contributed by atoms with E-state index in [1.807, 2.05) is 6.26 Å². The van der Waals surface area contributed by atoms with E-state index < -0.39 is 5.60 Å². The second-order valence-corrected chi connectivity index (χ2v) is 6.18. The number of carbonyl (C=O) groups is 1. The number of pyridine rings is 1. The molecule has 1 aromatic heterocycles. The molecule has 0 unspecified atom stereocenters. The Hall–Kier alpha value is -1.07. The van der Waals surface area contributed by atoms with Crippen molar-refractivity contribution < 1.29 is 9.90 Å². The quantitative estimate of drug-likeness (QED) is 0.662. The van der Waals surface area contributed by atoms with E-state index in [-0.39, 0.29) is 5.91 Å². The first-order valence-electron chi connectivity index (χ1n) is 7.14. The van der Waals surface area contributed by atoms with Gasteiger partial charge in [-0.1, -0.05) is 25.7 Å². The van der Waals surface area contributed by atoms with Crippen LogP contribution in [0.1, 0.15) is 48.9 Å². The highest BCUT2D eigenvalue weighted by Crippen LogP contribution is 2.26. The van der Waals surface area contributed by atoms with Gasteiger partial charge in [0.15, 0.2) is 0 Å². The first-order chi connectivity index (χ1) is 9.64. The maximum Gasteiger partial charge on any atom is 0.254 e. The molecule has 20 heavy (non-hydrogen) atoms. The molecule has 1 aliphatic carbocycles. The number of carbonyl (C=O) groups excluding carboxylic acids is 1. The first-order valence-corrected chi connectivity index (χ1v) is 8.37. The second-order valence-electron chi connectivity index (χ2n) is 5.38. The molecule has 4 nitrogen and oxygen atoms in total. The summed E-state index contributed by atoms with van der Waals surface area (Å²) < 4.78 is 0. The van der Waals surface area contributed by atoms with Crippen molar-refractivity contribution in [3.8, 4) is 0 Å². The third-order valence-corrected chi connectivity index (χ3v) is 4.53. The summed E-state index contributed by atoms with van der Waals surface area (Å²) in [5.41, 5.74) is -0.161. The van der Waals surface area contributed by atoms with Gasteiger partial charge in [-0.25, -0.2) is 4.98 Å². The first kappa shape index (κ1) is 15.3. The summed E-state index contributed by atoms with van der Waals surface area (Å²) in [5, 5.41) is 14.1. The number of hydrogen-bond acceptors (Lipinski definition) is 4. The lowest BCUT2D eigenvalue weighted by molar-refractivity contribution is 0.0246. The molecule has 1 fully saturated rings. The van der Waals surface area contributed by atoms with Crippen LogP contribution in [0, 0.1) is 0 Å². The summed E-state index contributed by atoms with van der Waals surface area (Å²) in [5.74, 6) is -0.153. The summed E-state index contributed by atoms with van der Waals surface area (Å²) in [7, 11) is 0. The predicted molar refractivity (Wildman–Crippen MR) is 81.0 cm³/mol. The van der Waals surface area contributed by atoms with Crippen molar-refractivity contribution in [2.75, 3.05) is 12.8 Å². The van der Waals surface area contributed by atoms with E-state index in [9.17, 15) is 9.90 Å². The van der Waals surface area contributed by atoms with E-state index in [0.29, 0.717) is 12.1 Å². The van der Waals surface area contributed by atoms with E-state index in [4.69, 9.17) is 0 Å². The van der Waals surface area contributed by atoms with Gasteiger partial charge in [0.2, 0.25) is 0 Å². The zero-order valence-electron chi connectivity index (χ0n) is 11.9. The van der Waals surface area contributed by atoms with Crippen molar-refractivity contribution >= 4 is 17.7 Å². The zero-order chi connectivity index (χ0) is 14.4. The summed E-state index contributed by atoms with van der Waals surface area (Å²) in [4.78, 5) is 16.4. The van der Waals surface area contributed by atoms with E-state index in [0.717, 1.165) is 30.7 Å². The van der Waals surface area contributed by atoms with Gasteiger partial charge in [-0.2, -0.15) is 0 Å². The molecule has 0 atom stereocenters. The van der Waals surface area contributed by atoms with E-state index in [1.165, 1.54) is 24.6 Å². The molecule has 0 spiro atoms. The van der Waals surface area contributed by atoms with Crippen LogP contribution in [0.5, 0.6) is 0 Å². The minimum Gasteiger partial charge on any atom is -0.388 e. The Morgan fingerprint density at radius 2 is 2.10 bits per heavy atom. The number of hydrogen-bond donors (Lipinski definition) is 2. The van der Waals surface area contributed by atoms with Gasteiger partial charge in [-0.3, -0.25) is 4.79 Å². The summed E-state index contributed by atoms with van der Waals surface area (Å²) in [6.45, 7) is 0.328. The molecular weight excluding hydrogens is 272 g/mol. The summed E-state index contributed by atoms with van der Waals surface area (Å²) in [6.07, 6.45) is 9.56. The Morgan fingerprint density at radius 1 is 1.40 bits per heavy atom. The van der Waals surface area contributed by atoms with Gasteiger partial charge in [-0.05, 0) is 31.2 Å². The maximum atomic E-state index is 12.2. The fourth-order valence-electron chi connectivity index (χ4n) is 2.63. The fourth-order valence-corrected chi connectivity index (χ4v) is 3.18. The molecule has 0 radical (unpaired) electrons. The lowest BCUT2D eigenvalue weighted by atomic mass is 9.94. The Labute approximate surface area is 124 Å². The average molecular weight is 294 g/mol. The molecule has 0 bridgehead atoms. The molecule has 110 valence electrons. The van der Waals surface area contributed by atoms with Gasteiger partial charge >= 0.3 is 0 Å². The lowest BCUT2D eigenvalue weighted by Crippen LogP contribution is -2.42. The molecule has 1 saturated carbocycles. The number of nitrogens with one attached hydrogen (secondary N) is 1. The highest BCUT2D eigenvalue weighted by atomic mass is 32.2. The van der Waals surface area contributed by atoms with Crippen molar-refractivity contribution in [1.82, 2.24) is 10.3 Å². The van der Waals surface area contributed by atoms with Gasteiger partial charge in [-0.15, -0.1) is 11.8 Å². The lowest BCUT2D eigenvalue weighted by Gasteiger charge is -2.26. The molecule has 1 aliphatic rings. The van der Waals surface area contributed by atoms with Gasteiger partial charge in [0.25, 0.3) is 5.91 Å². The molecule has 2 N–H and O–H groups in total. The third-order valence-electron chi connectivity index (χ3n) is 3.82. The summed E-state index contributed by atoms with van der Waals surface area (Å²) in [6, 6.07) is 3.53. The standard InChI is InChI=1S/C15H22N2O2S/c1-20-14-12(7-6-10-16-14)13(18)17-11-15(19)8-4-2-3-5-9-15/h6-7,10,19H,2-5,8-9,11H2,1H3,(H,17,18). The van der Waals surface area contributed by atoms with Crippen LogP contribution >= 0.6 is 11.8 Å². The SMILES string of the molecule is CSc1ncccc1C(=O)NCC1(O)CCCCCC1. The van der Waals surface area contributed by atoms with Crippen LogP contribution in [-0.2, 0) is 0 Å². The molecular formula is C15H22N2O2S. The highest BCUT2D eigenvalue weighted by molar-refractivity contribution is 7.98. The molecule has 1 amide bonds. The number of aromatic nitrogens is 1. The van der Waals surface area contributed by atoms with Crippen LogP contribution in [0.4, 0.5) is 0 Å². The number of nitrogens with zero attached hydrogens (tertiary/aromatic N) is 1. The van der Waals surface area contributed by atoms with Crippen molar-refractivity contribution in [3.05, 3.63) is 23.9 Å². The number of thioether (sulfide) groups is 1. The monoisotopic (exact) mass is 294 g/mol. The number of aliphatic hydroxyl groups is 1. The molecule has 0 saturated heterocycles. The minimum atomic E-state index is -0.742. The van der Waals surface area contributed by atoms with Crippen LogP contribution in [0.2, 0.25) is 0 Å². The van der Waals surface area contributed by atoms with E-state index in [1.54, 1.807) is 18.3 Å². The largest absolute Gasteiger partial charge is 0.388 e. The van der Waals surface area contributed by atoms with Gasteiger partial charge in [0.1, 0.15) is 5.03 Å². The second kappa shape index (κ2) is 7.09. The van der Waals surface area contributed by atoms with Crippen molar-refractivity contribution in [2.45, 2.75) is 49.2 Å². The Bertz CT molecular complexity index is 457. The smallest absolute Gasteiger partial charge is 0.254 e. The topological polar surface area (TPSA) is 62.2 Å². The molecule has 1 aromatic rings. The molecule has 1 heterocycles. The molecule has 5 heteroatoms. The Kier molecular flexibility index (Phi) is 5.43. The van der Waals surface area contributed by atoms with Crippen molar-refractivity contribution in [2.24, 2.45) is 0 Å². The van der Waals surface area contributed by atoms with Crippen LogP contribution in [-0.4, -0.2) is 34.4 Å². The van der Waals surface area contributed by atoms with Crippen molar-refractivity contribution in [3.63, 3.8) is 0 Å². The predicted octanol–water partition coefficient (Wildman–Crippen LogP) is 2.62.